The first-order valence-corrected chi connectivity index (χ1v) is 12.2. The van der Waals surface area contributed by atoms with Gasteiger partial charge in [-0.2, -0.15) is 0 Å². The van der Waals surface area contributed by atoms with E-state index in [1.165, 1.54) is 5.56 Å². The molecule has 6 nitrogen and oxygen atoms in total. The monoisotopic (exact) mass is 462 g/mol. The van der Waals surface area contributed by atoms with Crippen molar-refractivity contribution in [3.8, 4) is 5.69 Å². The minimum Gasteiger partial charge on any atom is -0.319 e. The van der Waals surface area contributed by atoms with Crippen molar-refractivity contribution in [1.29, 1.82) is 0 Å². The van der Waals surface area contributed by atoms with Gasteiger partial charge in [0.25, 0.3) is 5.56 Å². The van der Waals surface area contributed by atoms with Gasteiger partial charge < -0.3 is 5.32 Å². The lowest BCUT2D eigenvalue weighted by atomic mass is 9.91. The van der Waals surface area contributed by atoms with Gasteiger partial charge in [0.2, 0.25) is 5.91 Å². The number of amides is 1. The van der Waals surface area contributed by atoms with E-state index in [9.17, 15) is 9.59 Å². The summed E-state index contributed by atoms with van der Waals surface area (Å²) in [6.45, 7) is 12.4. The van der Waals surface area contributed by atoms with Crippen LogP contribution in [0.2, 0.25) is 0 Å². The van der Waals surface area contributed by atoms with Gasteiger partial charge in [0.15, 0.2) is 0 Å². The molecule has 0 aliphatic rings. The molecule has 0 fully saturated rings. The van der Waals surface area contributed by atoms with Crippen LogP contribution in [0.5, 0.6) is 0 Å². The second-order valence-corrected chi connectivity index (χ2v) is 9.51. The van der Waals surface area contributed by atoms with Gasteiger partial charge in [0, 0.05) is 13.1 Å². The fourth-order valence-corrected chi connectivity index (χ4v) is 4.23. The van der Waals surface area contributed by atoms with E-state index in [1.807, 2.05) is 51.2 Å². The molecule has 1 aromatic heterocycles. The van der Waals surface area contributed by atoms with Crippen molar-refractivity contribution in [2.24, 2.45) is 13.0 Å². The van der Waals surface area contributed by atoms with Crippen molar-refractivity contribution >= 4 is 11.6 Å². The van der Waals surface area contributed by atoms with Gasteiger partial charge in [0.1, 0.15) is 5.69 Å². The molecule has 2 aromatic carbocycles. The molecular formula is C28H38N4O2. The fourth-order valence-electron chi connectivity index (χ4n) is 4.23. The molecule has 0 spiro atoms. The molecule has 0 aliphatic carbocycles. The van der Waals surface area contributed by atoms with Crippen LogP contribution in [0.15, 0.2) is 59.4 Å². The summed E-state index contributed by atoms with van der Waals surface area (Å²) in [6.07, 6.45) is 1.10. The quantitative estimate of drug-likeness (QED) is 0.453. The number of nitrogens with zero attached hydrogens (tertiary/aromatic N) is 2. The Balaban J connectivity index is 1.78. The van der Waals surface area contributed by atoms with Crippen molar-refractivity contribution in [3.63, 3.8) is 0 Å². The highest BCUT2D eigenvalue weighted by atomic mass is 16.2. The van der Waals surface area contributed by atoms with Gasteiger partial charge >= 0.3 is 0 Å². The zero-order chi connectivity index (χ0) is 25.0. The highest BCUT2D eigenvalue weighted by Crippen LogP contribution is 2.26. The number of hydrogen-bond donors (Lipinski definition) is 2. The summed E-state index contributed by atoms with van der Waals surface area (Å²) in [5.41, 5.74) is 4.01. The third-order valence-electron chi connectivity index (χ3n) is 6.77. The number of nitrogens with one attached hydrogen (secondary N) is 2. The van der Waals surface area contributed by atoms with Crippen LogP contribution in [0.1, 0.15) is 69.8 Å². The normalized spacial score (nSPS) is 14.1. The minimum atomic E-state index is -0.481. The number of aromatic nitrogens is 2. The van der Waals surface area contributed by atoms with Crippen molar-refractivity contribution in [2.75, 3.05) is 5.32 Å². The van der Waals surface area contributed by atoms with E-state index in [4.69, 9.17) is 0 Å². The Labute approximate surface area is 203 Å². The summed E-state index contributed by atoms with van der Waals surface area (Å²) in [5, 5.41) is 6.36. The Morgan fingerprint density at radius 1 is 0.941 bits per heavy atom. The smallest absolute Gasteiger partial charge is 0.295 e. The van der Waals surface area contributed by atoms with Gasteiger partial charge in [-0.15, -0.1) is 0 Å². The van der Waals surface area contributed by atoms with E-state index >= 15 is 0 Å². The maximum Gasteiger partial charge on any atom is 0.295 e. The van der Waals surface area contributed by atoms with E-state index in [2.05, 4.69) is 62.6 Å². The molecule has 0 radical (unpaired) electrons. The average Bonchev–Trinajstić information content (AvgIpc) is 3.05. The number of benzene rings is 2. The molecule has 3 unspecified atom stereocenters. The van der Waals surface area contributed by atoms with Crippen molar-refractivity contribution in [2.45, 2.75) is 66.0 Å². The fraction of sp³-hybridized carbons (Fsp3) is 0.429. The molecule has 34 heavy (non-hydrogen) atoms. The lowest BCUT2D eigenvalue weighted by Crippen LogP contribution is -2.42. The van der Waals surface area contributed by atoms with Crippen LogP contribution < -0.4 is 16.2 Å². The first kappa shape index (κ1) is 25.5. The molecule has 0 saturated heterocycles. The lowest BCUT2D eigenvalue weighted by Gasteiger charge is -2.27. The Morgan fingerprint density at radius 2 is 1.53 bits per heavy atom. The summed E-state index contributed by atoms with van der Waals surface area (Å²) in [4.78, 5) is 26.3. The lowest BCUT2D eigenvalue weighted by molar-refractivity contribution is -0.118. The Morgan fingerprint density at radius 3 is 2.09 bits per heavy atom. The maximum atomic E-state index is 13.1. The van der Waals surface area contributed by atoms with E-state index < -0.39 is 6.04 Å². The number of anilines is 1. The van der Waals surface area contributed by atoms with Crippen LogP contribution in [0.3, 0.4) is 0 Å². The number of carbonyl (C=O) groups excluding carboxylic acids is 1. The van der Waals surface area contributed by atoms with Crippen LogP contribution in [-0.2, 0) is 11.8 Å². The van der Waals surface area contributed by atoms with Gasteiger partial charge in [-0.25, -0.2) is 4.68 Å². The summed E-state index contributed by atoms with van der Waals surface area (Å²) >= 11 is 0. The standard InChI is InChI=1S/C28H38N4O2/c1-8-19(4)22-14-16-23(17-15-22)25(18(2)3)29-20(5)27(33)30-26-21(6)31(7)32(28(26)34)24-12-10-9-11-13-24/h9-20,25,29H,8H2,1-7H3,(H,30,33). The zero-order valence-electron chi connectivity index (χ0n) is 21.4. The highest BCUT2D eigenvalue weighted by Gasteiger charge is 2.24. The van der Waals surface area contributed by atoms with Gasteiger partial charge in [0.05, 0.1) is 17.4 Å². The molecule has 3 atom stereocenters. The van der Waals surface area contributed by atoms with Crippen LogP contribution in [0.25, 0.3) is 5.69 Å². The van der Waals surface area contributed by atoms with E-state index in [-0.39, 0.29) is 17.5 Å². The molecule has 0 saturated carbocycles. The largest absolute Gasteiger partial charge is 0.319 e. The van der Waals surface area contributed by atoms with E-state index in [0.29, 0.717) is 23.2 Å². The Bertz CT molecular complexity index is 1160. The van der Waals surface area contributed by atoms with E-state index in [1.54, 1.807) is 9.36 Å². The molecule has 0 aliphatic heterocycles. The molecule has 6 heteroatoms. The average molecular weight is 463 g/mol. The Kier molecular flexibility index (Phi) is 8.15. The topological polar surface area (TPSA) is 68.1 Å². The van der Waals surface area contributed by atoms with Crippen molar-refractivity contribution in [1.82, 2.24) is 14.7 Å². The van der Waals surface area contributed by atoms with Crippen LogP contribution in [0.4, 0.5) is 5.69 Å². The second kappa shape index (κ2) is 10.9. The number of rotatable bonds is 9. The number of hydrogen-bond acceptors (Lipinski definition) is 3. The van der Waals surface area contributed by atoms with Crippen LogP contribution in [-0.4, -0.2) is 21.3 Å². The minimum absolute atomic E-state index is 0.0181. The van der Waals surface area contributed by atoms with Gasteiger partial charge in [-0.1, -0.05) is 70.2 Å². The van der Waals surface area contributed by atoms with Gasteiger partial charge in [-0.05, 0) is 55.4 Å². The maximum absolute atomic E-state index is 13.1. The predicted molar refractivity (Wildman–Crippen MR) is 140 cm³/mol. The van der Waals surface area contributed by atoms with Crippen LogP contribution in [0, 0.1) is 12.8 Å². The molecule has 1 heterocycles. The molecule has 3 aromatic rings. The summed E-state index contributed by atoms with van der Waals surface area (Å²) in [6, 6.07) is 17.6. The SMILES string of the molecule is CCC(C)c1ccc(C(NC(C)C(=O)Nc2c(C)n(C)n(-c3ccccc3)c2=O)C(C)C)cc1. The molecule has 1 amide bonds. The predicted octanol–water partition coefficient (Wildman–Crippen LogP) is 5.31. The van der Waals surface area contributed by atoms with E-state index in [0.717, 1.165) is 17.7 Å². The molecule has 182 valence electrons. The highest BCUT2D eigenvalue weighted by molar-refractivity contribution is 5.95. The first-order chi connectivity index (χ1) is 16.1. The summed E-state index contributed by atoms with van der Waals surface area (Å²) in [5.74, 6) is 0.588. The zero-order valence-corrected chi connectivity index (χ0v) is 21.4. The molecular weight excluding hydrogens is 424 g/mol. The third-order valence-corrected chi connectivity index (χ3v) is 6.77. The molecule has 0 bridgehead atoms. The number of para-hydroxylation sites is 1. The Hall–Kier alpha value is -3.12. The summed E-state index contributed by atoms with van der Waals surface area (Å²) in [7, 11) is 1.82. The summed E-state index contributed by atoms with van der Waals surface area (Å²) < 4.78 is 3.33. The van der Waals surface area contributed by atoms with Crippen molar-refractivity contribution < 1.29 is 4.79 Å². The first-order valence-electron chi connectivity index (χ1n) is 12.2. The third kappa shape index (κ3) is 5.33. The molecule has 3 rings (SSSR count). The molecule has 2 N–H and O–H groups in total. The van der Waals surface area contributed by atoms with Gasteiger partial charge in [-0.3, -0.25) is 19.6 Å². The second-order valence-electron chi connectivity index (χ2n) is 9.51. The van der Waals surface area contributed by atoms with Crippen LogP contribution >= 0.6 is 0 Å². The van der Waals surface area contributed by atoms with Crippen molar-refractivity contribution in [3.05, 3.63) is 81.8 Å². The number of carbonyl (C=O) groups is 1.